The standard InChI is InChI=1S/C14H17N3O/c1-2-6-11(5-1)18-14-10-16-13(9-17-14)12-7-3-4-8-15-12/h3-4,7-11,14,17H,1-2,5-6H2. The first-order chi connectivity index (χ1) is 8.92. The zero-order valence-corrected chi connectivity index (χ0v) is 10.2. The molecule has 1 fully saturated rings. The first-order valence-corrected chi connectivity index (χ1v) is 6.49. The SMILES string of the molecule is C1=NC(c2ccccn2)=CNC1OC1CCCC1. The van der Waals surface area contributed by atoms with Gasteiger partial charge in [-0.15, -0.1) is 0 Å². The number of aromatic nitrogens is 1. The van der Waals surface area contributed by atoms with Gasteiger partial charge in [-0.25, -0.2) is 0 Å². The van der Waals surface area contributed by atoms with Gasteiger partial charge in [0.2, 0.25) is 0 Å². The molecule has 0 saturated heterocycles. The van der Waals surface area contributed by atoms with Crippen molar-refractivity contribution >= 4 is 11.9 Å². The van der Waals surface area contributed by atoms with E-state index in [1.807, 2.05) is 30.6 Å². The minimum absolute atomic E-state index is 0.0967. The second kappa shape index (κ2) is 5.31. The summed E-state index contributed by atoms with van der Waals surface area (Å²) >= 11 is 0. The molecule has 1 N–H and O–H groups in total. The summed E-state index contributed by atoms with van der Waals surface area (Å²) in [4.78, 5) is 8.68. The van der Waals surface area contributed by atoms with E-state index >= 15 is 0 Å². The Morgan fingerprint density at radius 2 is 2.11 bits per heavy atom. The maximum Gasteiger partial charge on any atom is 0.164 e. The van der Waals surface area contributed by atoms with Crippen LogP contribution in [-0.2, 0) is 4.74 Å². The number of aliphatic imine (C=N–C) groups is 1. The first-order valence-electron chi connectivity index (χ1n) is 6.49. The van der Waals surface area contributed by atoms with Crippen molar-refractivity contribution in [2.75, 3.05) is 0 Å². The zero-order valence-electron chi connectivity index (χ0n) is 10.2. The van der Waals surface area contributed by atoms with E-state index in [4.69, 9.17) is 4.74 Å². The van der Waals surface area contributed by atoms with Crippen molar-refractivity contribution in [2.24, 2.45) is 4.99 Å². The van der Waals surface area contributed by atoms with Gasteiger partial charge < -0.3 is 10.1 Å². The number of rotatable bonds is 3. The summed E-state index contributed by atoms with van der Waals surface area (Å²) in [6.07, 6.45) is 10.7. The zero-order chi connectivity index (χ0) is 12.2. The lowest BCUT2D eigenvalue weighted by atomic mass is 10.2. The number of hydrogen-bond acceptors (Lipinski definition) is 4. The number of ether oxygens (including phenoxy) is 1. The van der Waals surface area contributed by atoms with E-state index in [1.165, 1.54) is 25.7 Å². The second-order valence-corrected chi connectivity index (χ2v) is 4.65. The van der Waals surface area contributed by atoms with Gasteiger partial charge in [0.15, 0.2) is 6.23 Å². The van der Waals surface area contributed by atoms with E-state index in [0.717, 1.165) is 11.4 Å². The molecule has 2 aliphatic rings. The lowest BCUT2D eigenvalue weighted by Crippen LogP contribution is -2.34. The largest absolute Gasteiger partial charge is 0.360 e. The van der Waals surface area contributed by atoms with Crippen molar-refractivity contribution in [3.05, 3.63) is 36.3 Å². The predicted molar refractivity (Wildman–Crippen MR) is 71.0 cm³/mol. The van der Waals surface area contributed by atoms with E-state index < -0.39 is 0 Å². The molecule has 0 aromatic carbocycles. The third-order valence-corrected chi connectivity index (χ3v) is 3.30. The quantitative estimate of drug-likeness (QED) is 0.886. The van der Waals surface area contributed by atoms with Gasteiger partial charge in [-0.1, -0.05) is 18.9 Å². The van der Waals surface area contributed by atoms with E-state index in [0.29, 0.717) is 6.10 Å². The molecule has 0 spiro atoms. The Kier molecular flexibility index (Phi) is 3.37. The number of nitrogens with zero attached hydrogens (tertiary/aromatic N) is 2. The molecular weight excluding hydrogens is 226 g/mol. The van der Waals surface area contributed by atoms with Crippen molar-refractivity contribution in [3.63, 3.8) is 0 Å². The predicted octanol–water partition coefficient (Wildman–Crippen LogP) is 2.34. The highest BCUT2D eigenvalue weighted by atomic mass is 16.5. The van der Waals surface area contributed by atoms with E-state index in [2.05, 4.69) is 15.3 Å². The molecule has 1 aliphatic carbocycles. The van der Waals surface area contributed by atoms with Gasteiger partial charge in [-0.3, -0.25) is 9.98 Å². The number of pyridine rings is 1. The van der Waals surface area contributed by atoms with Crippen LogP contribution in [-0.4, -0.2) is 23.5 Å². The summed E-state index contributed by atoms with van der Waals surface area (Å²) in [5, 5.41) is 3.22. The van der Waals surface area contributed by atoms with Crippen LogP contribution in [0.15, 0.2) is 35.6 Å². The molecule has 0 bridgehead atoms. The minimum Gasteiger partial charge on any atom is -0.360 e. The molecule has 0 amide bonds. The monoisotopic (exact) mass is 243 g/mol. The Morgan fingerprint density at radius 3 is 2.78 bits per heavy atom. The van der Waals surface area contributed by atoms with Crippen molar-refractivity contribution in [3.8, 4) is 0 Å². The van der Waals surface area contributed by atoms with Gasteiger partial charge in [0.1, 0.15) is 5.70 Å². The van der Waals surface area contributed by atoms with Crippen LogP contribution < -0.4 is 5.32 Å². The summed E-state index contributed by atoms with van der Waals surface area (Å²) in [5.74, 6) is 0. The Morgan fingerprint density at radius 1 is 1.22 bits per heavy atom. The molecule has 1 aromatic heterocycles. The van der Waals surface area contributed by atoms with Crippen LogP contribution in [0.2, 0.25) is 0 Å². The minimum atomic E-state index is -0.0967. The molecule has 1 aliphatic heterocycles. The van der Waals surface area contributed by atoms with E-state index in [9.17, 15) is 0 Å². The smallest absolute Gasteiger partial charge is 0.164 e. The first kappa shape index (κ1) is 11.4. The second-order valence-electron chi connectivity index (χ2n) is 4.65. The van der Waals surface area contributed by atoms with Crippen LogP contribution >= 0.6 is 0 Å². The summed E-state index contributed by atoms with van der Waals surface area (Å²) in [6.45, 7) is 0. The molecule has 1 aromatic rings. The maximum absolute atomic E-state index is 5.91. The van der Waals surface area contributed by atoms with Crippen LogP contribution in [0.3, 0.4) is 0 Å². The van der Waals surface area contributed by atoms with Crippen LogP contribution in [0.4, 0.5) is 0 Å². The van der Waals surface area contributed by atoms with Crippen molar-refractivity contribution < 1.29 is 4.74 Å². The van der Waals surface area contributed by atoms with Crippen LogP contribution in [0.1, 0.15) is 31.4 Å². The maximum atomic E-state index is 5.91. The third kappa shape index (κ3) is 2.59. The Balaban J connectivity index is 1.60. The molecule has 1 atom stereocenters. The summed E-state index contributed by atoms with van der Waals surface area (Å²) < 4.78 is 5.91. The molecule has 3 rings (SSSR count). The van der Waals surface area contributed by atoms with Crippen LogP contribution in [0.25, 0.3) is 5.70 Å². The average Bonchev–Trinajstić information content (AvgIpc) is 2.94. The molecule has 1 unspecified atom stereocenters. The Labute approximate surface area is 107 Å². The molecular formula is C14H17N3O. The molecule has 2 heterocycles. The van der Waals surface area contributed by atoms with Crippen LogP contribution in [0, 0.1) is 0 Å². The van der Waals surface area contributed by atoms with Gasteiger partial charge >= 0.3 is 0 Å². The fourth-order valence-electron chi connectivity index (χ4n) is 2.35. The normalized spacial score (nSPS) is 23.8. The number of nitrogens with one attached hydrogen (secondary N) is 1. The third-order valence-electron chi connectivity index (χ3n) is 3.30. The summed E-state index contributed by atoms with van der Waals surface area (Å²) in [7, 11) is 0. The van der Waals surface area contributed by atoms with Crippen molar-refractivity contribution in [1.29, 1.82) is 0 Å². The van der Waals surface area contributed by atoms with Gasteiger partial charge in [-0.05, 0) is 25.0 Å². The van der Waals surface area contributed by atoms with Crippen molar-refractivity contribution in [2.45, 2.75) is 38.0 Å². The van der Waals surface area contributed by atoms with Crippen LogP contribution in [0.5, 0.6) is 0 Å². The van der Waals surface area contributed by atoms with Gasteiger partial charge in [0, 0.05) is 12.4 Å². The fourth-order valence-corrected chi connectivity index (χ4v) is 2.35. The average molecular weight is 243 g/mol. The highest BCUT2D eigenvalue weighted by Gasteiger charge is 2.20. The Bertz CT molecular complexity index is 449. The molecule has 4 heteroatoms. The van der Waals surface area contributed by atoms with Gasteiger partial charge in [0.05, 0.1) is 18.0 Å². The van der Waals surface area contributed by atoms with E-state index in [-0.39, 0.29) is 6.23 Å². The number of hydrogen-bond donors (Lipinski definition) is 1. The van der Waals surface area contributed by atoms with E-state index in [1.54, 1.807) is 6.20 Å². The Hall–Kier alpha value is -1.68. The molecule has 1 saturated carbocycles. The molecule has 18 heavy (non-hydrogen) atoms. The van der Waals surface area contributed by atoms with Gasteiger partial charge in [0.25, 0.3) is 0 Å². The topological polar surface area (TPSA) is 46.5 Å². The molecule has 94 valence electrons. The highest BCUT2D eigenvalue weighted by Crippen LogP contribution is 2.22. The van der Waals surface area contributed by atoms with Gasteiger partial charge in [-0.2, -0.15) is 0 Å². The summed E-state index contributed by atoms with van der Waals surface area (Å²) in [6, 6.07) is 5.80. The lowest BCUT2D eigenvalue weighted by Gasteiger charge is -2.21. The fraction of sp³-hybridized carbons (Fsp3) is 0.429. The lowest BCUT2D eigenvalue weighted by molar-refractivity contribution is 0.0202. The molecule has 4 nitrogen and oxygen atoms in total. The van der Waals surface area contributed by atoms with Crippen molar-refractivity contribution in [1.82, 2.24) is 10.3 Å². The highest BCUT2D eigenvalue weighted by molar-refractivity contribution is 5.77. The summed E-state index contributed by atoms with van der Waals surface area (Å²) in [5.41, 5.74) is 1.72. The molecule has 0 radical (unpaired) electrons.